The van der Waals surface area contributed by atoms with Crippen LogP contribution in [0.2, 0.25) is 0 Å². The topological polar surface area (TPSA) is 29.3 Å². The summed E-state index contributed by atoms with van der Waals surface area (Å²) in [7, 11) is 0. The van der Waals surface area contributed by atoms with Crippen molar-refractivity contribution in [1.82, 2.24) is 4.90 Å². The van der Waals surface area contributed by atoms with Gasteiger partial charge in [-0.25, -0.2) is 0 Å². The molecule has 0 aromatic heterocycles. The molecule has 2 heteroatoms. The lowest BCUT2D eigenvalue weighted by atomic mass is 9.87. The molecule has 0 spiro atoms. The smallest absolute Gasteiger partial charge is 0.00472 e. The Kier molecular flexibility index (Phi) is 7.20. The molecule has 0 radical (unpaired) electrons. The number of nitrogens with two attached hydrogens (primary N) is 1. The van der Waals surface area contributed by atoms with Crippen molar-refractivity contribution in [1.29, 1.82) is 0 Å². The Morgan fingerprint density at radius 2 is 1.86 bits per heavy atom. The zero-order valence-corrected chi connectivity index (χ0v) is 10.5. The highest BCUT2D eigenvalue weighted by atomic mass is 15.1. The molecule has 0 aliphatic rings. The van der Waals surface area contributed by atoms with Crippen LogP contribution in [-0.2, 0) is 0 Å². The molecule has 0 aliphatic carbocycles. The van der Waals surface area contributed by atoms with E-state index in [4.69, 9.17) is 5.73 Å². The molecule has 0 aromatic rings. The van der Waals surface area contributed by atoms with E-state index in [1.165, 1.54) is 25.8 Å². The Balaban J connectivity index is 4.00. The molecule has 0 amide bonds. The van der Waals surface area contributed by atoms with E-state index in [-0.39, 0.29) is 0 Å². The molecule has 86 valence electrons. The fourth-order valence-electron chi connectivity index (χ4n) is 1.59. The Hall–Kier alpha value is -0.0800. The van der Waals surface area contributed by atoms with Gasteiger partial charge in [0.25, 0.3) is 0 Å². The maximum atomic E-state index is 5.82. The molecule has 1 unspecified atom stereocenters. The summed E-state index contributed by atoms with van der Waals surface area (Å²) in [6.07, 6.45) is 3.76. The molecule has 0 bridgehead atoms. The average molecular weight is 200 g/mol. The lowest BCUT2D eigenvalue weighted by molar-refractivity contribution is 0.168. The molecular formula is C12H28N2. The summed E-state index contributed by atoms with van der Waals surface area (Å²) in [5.41, 5.74) is 6.13. The standard InChI is InChI=1S/C12H28N2/c1-5-8-9-14(7-3)11-12(4,6-2)10-13/h5-11,13H2,1-4H3. The summed E-state index contributed by atoms with van der Waals surface area (Å²) < 4.78 is 0. The lowest BCUT2D eigenvalue weighted by Crippen LogP contribution is -2.40. The minimum Gasteiger partial charge on any atom is -0.330 e. The van der Waals surface area contributed by atoms with Crippen LogP contribution in [0.15, 0.2) is 0 Å². The number of unbranched alkanes of at least 4 members (excludes halogenated alkanes) is 1. The molecule has 0 aliphatic heterocycles. The third-order valence-corrected chi connectivity index (χ3v) is 3.23. The maximum Gasteiger partial charge on any atom is 0.00472 e. The normalized spacial score (nSPS) is 15.9. The van der Waals surface area contributed by atoms with E-state index in [0.717, 1.165) is 19.6 Å². The van der Waals surface area contributed by atoms with Crippen LogP contribution in [0.25, 0.3) is 0 Å². The van der Waals surface area contributed by atoms with Gasteiger partial charge in [0.15, 0.2) is 0 Å². The highest BCUT2D eigenvalue weighted by molar-refractivity contribution is 4.77. The van der Waals surface area contributed by atoms with Crippen LogP contribution in [0.3, 0.4) is 0 Å². The van der Waals surface area contributed by atoms with Crippen LogP contribution < -0.4 is 5.73 Å². The van der Waals surface area contributed by atoms with Crippen LogP contribution in [0.5, 0.6) is 0 Å². The zero-order valence-electron chi connectivity index (χ0n) is 10.5. The van der Waals surface area contributed by atoms with Gasteiger partial charge in [0, 0.05) is 6.54 Å². The first kappa shape index (κ1) is 13.9. The SMILES string of the molecule is CCCCN(CC)CC(C)(CC)CN. The maximum absolute atomic E-state index is 5.82. The van der Waals surface area contributed by atoms with Crippen molar-refractivity contribution in [3.8, 4) is 0 Å². The fraction of sp³-hybridized carbons (Fsp3) is 1.00. The second kappa shape index (κ2) is 7.24. The predicted octanol–water partition coefficient (Wildman–Crippen LogP) is 2.48. The van der Waals surface area contributed by atoms with Gasteiger partial charge in [0.2, 0.25) is 0 Å². The van der Waals surface area contributed by atoms with E-state index < -0.39 is 0 Å². The number of rotatable bonds is 8. The molecule has 0 saturated heterocycles. The van der Waals surface area contributed by atoms with Gasteiger partial charge >= 0.3 is 0 Å². The van der Waals surface area contributed by atoms with E-state index in [1.807, 2.05) is 0 Å². The molecular weight excluding hydrogens is 172 g/mol. The van der Waals surface area contributed by atoms with Gasteiger partial charge in [-0.2, -0.15) is 0 Å². The zero-order chi connectivity index (χ0) is 11.0. The van der Waals surface area contributed by atoms with E-state index >= 15 is 0 Å². The number of hydrogen-bond acceptors (Lipinski definition) is 2. The summed E-state index contributed by atoms with van der Waals surface area (Å²) in [5.74, 6) is 0. The van der Waals surface area contributed by atoms with Gasteiger partial charge < -0.3 is 10.6 Å². The van der Waals surface area contributed by atoms with Crippen molar-refractivity contribution < 1.29 is 0 Å². The van der Waals surface area contributed by atoms with Gasteiger partial charge in [-0.05, 0) is 37.9 Å². The first-order valence-electron chi connectivity index (χ1n) is 6.04. The fourth-order valence-corrected chi connectivity index (χ4v) is 1.59. The Labute approximate surface area is 89.9 Å². The van der Waals surface area contributed by atoms with Gasteiger partial charge in [-0.3, -0.25) is 0 Å². The first-order valence-corrected chi connectivity index (χ1v) is 6.04. The van der Waals surface area contributed by atoms with Gasteiger partial charge in [-0.15, -0.1) is 0 Å². The Morgan fingerprint density at radius 1 is 1.21 bits per heavy atom. The van der Waals surface area contributed by atoms with Crippen molar-refractivity contribution in [3.63, 3.8) is 0 Å². The molecule has 1 atom stereocenters. The highest BCUT2D eigenvalue weighted by Crippen LogP contribution is 2.20. The van der Waals surface area contributed by atoms with Crippen LogP contribution in [0, 0.1) is 5.41 Å². The van der Waals surface area contributed by atoms with Crippen LogP contribution in [0.1, 0.15) is 47.0 Å². The monoisotopic (exact) mass is 200 g/mol. The Morgan fingerprint density at radius 3 is 2.21 bits per heavy atom. The summed E-state index contributed by atoms with van der Waals surface area (Å²) in [6, 6.07) is 0. The third kappa shape index (κ3) is 4.97. The van der Waals surface area contributed by atoms with Crippen molar-refractivity contribution in [2.24, 2.45) is 11.1 Å². The van der Waals surface area contributed by atoms with E-state index in [0.29, 0.717) is 5.41 Å². The third-order valence-electron chi connectivity index (χ3n) is 3.23. The van der Waals surface area contributed by atoms with Crippen LogP contribution >= 0.6 is 0 Å². The molecule has 2 nitrogen and oxygen atoms in total. The lowest BCUT2D eigenvalue weighted by Gasteiger charge is -2.33. The van der Waals surface area contributed by atoms with Crippen molar-refractivity contribution in [2.75, 3.05) is 26.2 Å². The molecule has 0 rings (SSSR count). The quantitative estimate of drug-likeness (QED) is 0.652. The molecule has 2 N–H and O–H groups in total. The first-order chi connectivity index (χ1) is 6.61. The molecule has 14 heavy (non-hydrogen) atoms. The van der Waals surface area contributed by atoms with Gasteiger partial charge in [-0.1, -0.05) is 34.1 Å². The summed E-state index contributed by atoms with van der Waals surface area (Å²) in [6.45, 7) is 13.3. The summed E-state index contributed by atoms with van der Waals surface area (Å²) in [4.78, 5) is 2.53. The second-order valence-corrected chi connectivity index (χ2v) is 4.59. The van der Waals surface area contributed by atoms with E-state index in [1.54, 1.807) is 0 Å². The van der Waals surface area contributed by atoms with Crippen molar-refractivity contribution in [3.05, 3.63) is 0 Å². The molecule has 0 aromatic carbocycles. The predicted molar refractivity (Wildman–Crippen MR) is 64.5 cm³/mol. The van der Waals surface area contributed by atoms with Gasteiger partial charge in [0.05, 0.1) is 0 Å². The van der Waals surface area contributed by atoms with Crippen LogP contribution in [0.4, 0.5) is 0 Å². The molecule has 0 heterocycles. The molecule has 0 fully saturated rings. The second-order valence-electron chi connectivity index (χ2n) is 4.59. The largest absolute Gasteiger partial charge is 0.330 e. The summed E-state index contributed by atoms with van der Waals surface area (Å²) >= 11 is 0. The molecule has 0 saturated carbocycles. The minimum atomic E-state index is 0.309. The minimum absolute atomic E-state index is 0.309. The van der Waals surface area contributed by atoms with E-state index in [2.05, 4.69) is 32.6 Å². The number of hydrogen-bond donors (Lipinski definition) is 1. The highest BCUT2D eigenvalue weighted by Gasteiger charge is 2.22. The van der Waals surface area contributed by atoms with Crippen LogP contribution in [-0.4, -0.2) is 31.1 Å². The van der Waals surface area contributed by atoms with Crippen molar-refractivity contribution >= 4 is 0 Å². The average Bonchev–Trinajstić information content (AvgIpc) is 2.23. The van der Waals surface area contributed by atoms with Crippen molar-refractivity contribution in [2.45, 2.75) is 47.0 Å². The summed E-state index contributed by atoms with van der Waals surface area (Å²) in [5, 5.41) is 0. The Bertz CT molecular complexity index is 130. The van der Waals surface area contributed by atoms with E-state index in [9.17, 15) is 0 Å². The van der Waals surface area contributed by atoms with Gasteiger partial charge in [0.1, 0.15) is 0 Å². The number of nitrogens with zero attached hydrogens (tertiary/aromatic N) is 1.